The summed E-state index contributed by atoms with van der Waals surface area (Å²) in [5.74, 6) is 0. The average Bonchev–Trinajstić information content (AvgIpc) is 3.14. The van der Waals surface area contributed by atoms with Gasteiger partial charge in [-0.05, 0) is 35.0 Å². The summed E-state index contributed by atoms with van der Waals surface area (Å²) in [7, 11) is 1.86. The standard InChI is InChI=1S/C18H16N6/c1-13-16(14-9-5-3-6-10-14)17(18-23(2)21-22-24(13)18)20-19-15-11-7-4-8-12-15/h3-12H,1-2H3. The van der Waals surface area contributed by atoms with E-state index in [-0.39, 0.29) is 0 Å². The Labute approximate surface area is 139 Å². The summed E-state index contributed by atoms with van der Waals surface area (Å²) in [5.41, 5.74) is 5.51. The van der Waals surface area contributed by atoms with Crippen LogP contribution in [0.3, 0.4) is 0 Å². The van der Waals surface area contributed by atoms with E-state index >= 15 is 0 Å². The van der Waals surface area contributed by atoms with Crippen LogP contribution in [0.1, 0.15) is 5.69 Å². The van der Waals surface area contributed by atoms with Gasteiger partial charge in [-0.25, -0.2) is 4.68 Å². The lowest BCUT2D eigenvalue weighted by molar-refractivity contribution is 0.708. The highest BCUT2D eigenvalue weighted by molar-refractivity contribution is 5.88. The molecular weight excluding hydrogens is 300 g/mol. The summed E-state index contributed by atoms with van der Waals surface area (Å²) in [4.78, 5) is 0. The highest BCUT2D eigenvalue weighted by Gasteiger charge is 2.21. The number of benzene rings is 2. The molecule has 0 bridgehead atoms. The van der Waals surface area contributed by atoms with Crippen molar-refractivity contribution in [3.05, 3.63) is 66.4 Å². The normalized spacial score (nSPS) is 11.6. The molecule has 0 saturated carbocycles. The molecule has 0 spiro atoms. The monoisotopic (exact) mass is 316 g/mol. The highest BCUT2D eigenvalue weighted by Crippen LogP contribution is 2.39. The second kappa shape index (κ2) is 5.73. The first kappa shape index (κ1) is 14.3. The summed E-state index contributed by atoms with van der Waals surface area (Å²) in [6.07, 6.45) is 0. The van der Waals surface area contributed by atoms with Gasteiger partial charge in [0.05, 0.1) is 11.4 Å². The van der Waals surface area contributed by atoms with Crippen LogP contribution >= 0.6 is 0 Å². The van der Waals surface area contributed by atoms with Gasteiger partial charge in [0.25, 0.3) is 0 Å². The summed E-state index contributed by atoms with van der Waals surface area (Å²) < 4.78 is 3.53. The Balaban J connectivity index is 1.95. The van der Waals surface area contributed by atoms with Gasteiger partial charge >= 0.3 is 0 Å². The quantitative estimate of drug-likeness (QED) is 0.524. The van der Waals surface area contributed by atoms with Crippen LogP contribution in [0.15, 0.2) is 70.9 Å². The molecule has 4 rings (SSSR count). The van der Waals surface area contributed by atoms with Crippen molar-refractivity contribution in [2.75, 3.05) is 0 Å². The Morgan fingerprint density at radius 3 is 2.21 bits per heavy atom. The molecule has 0 saturated heterocycles. The maximum Gasteiger partial charge on any atom is 0.182 e. The van der Waals surface area contributed by atoms with Crippen molar-refractivity contribution < 1.29 is 0 Å². The van der Waals surface area contributed by atoms with Gasteiger partial charge in [-0.15, -0.1) is 5.11 Å². The minimum atomic E-state index is 0.773. The Morgan fingerprint density at radius 1 is 0.833 bits per heavy atom. The molecule has 4 aromatic rings. The van der Waals surface area contributed by atoms with E-state index in [9.17, 15) is 0 Å². The zero-order chi connectivity index (χ0) is 16.5. The van der Waals surface area contributed by atoms with Crippen LogP contribution in [0.4, 0.5) is 11.4 Å². The SMILES string of the molecule is Cc1c(-c2ccccc2)c(N=Nc2ccccc2)c2n(C)nnn12. The molecule has 2 aromatic heterocycles. The number of aryl methyl sites for hydroxylation is 2. The lowest BCUT2D eigenvalue weighted by Gasteiger charge is -2.02. The van der Waals surface area contributed by atoms with Crippen molar-refractivity contribution in [3.8, 4) is 11.1 Å². The number of azo groups is 1. The van der Waals surface area contributed by atoms with Crippen LogP contribution in [-0.2, 0) is 7.05 Å². The van der Waals surface area contributed by atoms with E-state index in [4.69, 9.17) is 0 Å². The molecule has 2 aromatic carbocycles. The van der Waals surface area contributed by atoms with Crippen molar-refractivity contribution in [1.29, 1.82) is 0 Å². The highest BCUT2D eigenvalue weighted by atomic mass is 15.6. The predicted molar refractivity (Wildman–Crippen MR) is 92.7 cm³/mol. The van der Waals surface area contributed by atoms with Gasteiger partial charge in [-0.2, -0.15) is 9.63 Å². The van der Waals surface area contributed by atoms with Gasteiger partial charge in [-0.1, -0.05) is 48.5 Å². The number of hydrogen-bond acceptors (Lipinski definition) is 4. The lowest BCUT2D eigenvalue weighted by atomic mass is 10.1. The number of fused-ring (bicyclic) bond motifs is 1. The first-order valence-corrected chi connectivity index (χ1v) is 7.69. The van der Waals surface area contributed by atoms with Gasteiger partial charge in [0.2, 0.25) is 0 Å². The van der Waals surface area contributed by atoms with Crippen LogP contribution in [0.2, 0.25) is 0 Å². The maximum absolute atomic E-state index is 4.54. The zero-order valence-corrected chi connectivity index (χ0v) is 13.5. The average molecular weight is 316 g/mol. The summed E-state index contributed by atoms with van der Waals surface area (Å²) >= 11 is 0. The summed E-state index contributed by atoms with van der Waals surface area (Å²) in [5, 5.41) is 17.2. The molecule has 6 nitrogen and oxygen atoms in total. The van der Waals surface area contributed by atoms with Crippen LogP contribution in [0, 0.1) is 6.92 Å². The van der Waals surface area contributed by atoms with E-state index in [0.29, 0.717) is 0 Å². The molecule has 0 amide bonds. The first-order valence-electron chi connectivity index (χ1n) is 7.69. The molecule has 0 unspecified atom stereocenters. The van der Waals surface area contributed by atoms with Crippen LogP contribution in [0.5, 0.6) is 0 Å². The molecule has 24 heavy (non-hydrogen) atoms. The molecule has 2 heterocycles. The number of rotatable bonds is 3. The fraction of sp³-hybridized carbons (Fsp3) is 0.111. The number of hydrogen-bond donors (Lipinski definition) is 0. The smallest absolute Gasteiger partial charge is 0.182 e. The number of aromatic nitrogens is 4. The fourth-order valence-corrected chi connectivity index (χ4v) is 2.84. The fourth-order valence-electron chi connectivity index (χ4n) is 2.84. The van der Waals surface area contributed by atoms with Gasteiger partial charge in [0, 0.05) is 12.6 Å². The van der Waals surface area contributed by atoms with E-state index in [1.54, 1.807) is 4.68 Å². The molecule has 0 aliphatic heterocycles. The number of tetrazole rings is 1. The summed E-state index contributed by atoms with van der Waals surface area (Å²) in [6.45, 7) is 2.02. The Morgan fingerprint density at radius 2 is 1.50 bits per heavy atom. The van der Waals surface area contributed by atoms with Crippen molar-refractivity contribution in [2.45, 2.75) is 6.92 Å². The van der Waals surface area contributed by atoms with E-state index < -0.39 is 0 Å². The second-order valence-corrected chi connectivity index (χ2v) is 5.55. The predicted octanol–water partition coefficient (Wildman–Crippen LogP) is 4.46. The molecule has 0 aliphatic carbocycles. The molecule has 0 aliphatic rings. The van der Waals surface area contributed by atoms with E-state index in [0.717, 1.165) is 33.8 Å². The third-order valence-corrected chi connectivity index (χ3v) is 3.98. The van der Waals surface area contributed by atoms with E-state index in [1.807, 2.05) is 67.0 Å². The molecule has 6 heteroatoms. The van der Waals surface area contributed by atoms with E-state index in [1.165, 1.54) is 0 Å². The molecule has 0 radical (unpaired) electrons. The Hall–Kier alpha value is -3.28. The minimum absolute atomic E-state index is 0.773. The summed E-state index contributed by atoms with van der Waals surface area (Å²) in [6, 6.07) is 19.9. The van der Waals surface area contributed by atoms with Gasteiger partial charge in [-0.3, -0.25) is 0 Å². The molecule has 0 fully saturated rings. The Bertz CT molecular complexity index is 1010. The molecule has 0 N–H and O–H groups in total. The maximum atomic E-state index is 4.54. The second-order valence-electron chi connectivity index (χ2n) is 5.55. The van der Waals surface area contributed by atoms with Gasteiger partial charge in [0.15, 0.2) is 5.65 Å². The van der Waals surface area contributed by atoms with Crippen LogP contribution in [0.25, 0.3) is 16.8 Å². The van der Waals surface area contributed by atoms with Crippen molar-refractivity contribution in [2.24, 2.45) is 17.3 Å². The zero-order valence-electron chi connectivity index (χ0n) is 13.5. The molecule has 0 atom stereocenters. The van der Waals surface area contributed by atoms with Gasteiger partial charge < -0.3 is 0 Å². The van der Waals surface area contributed by atoms with Crippen LogP contribution < -0.4 is 0 Å². The minimum Gasteiger partial charge on any atom is -0.229 e. The third kappa shape index (κ3) is 2.28. The first-order chi connectivity index (χ1) is 11.8. The van der Waals surface area contributed by atoms with Crippen LogP contribution in [-0.4, -0.2) is 19.6 Å². The lowest BCUT2D eigenvalue weighted by Crippen LogP contribution is -1.90. The van der Waals surface area contributed by atoms with Crippen molar-refractivity contribution in [3.63, 3.8) is 0 Å². The largest absolute Gasteiger partial charge is 0.229 e. The van der Waals surface area contributed by atoms with Gasteiger partial charge in [0.1, 0.15) is 5.69 Å². The van der Waals surface area contributed by atoms with Crippen molar-refractivity contribution in [1.82, 2.24) is 19.6 Å². The molecular formula is C18H16N6. The molecule has 118 valence electrons. The van der Waals surface area contributed by atoms with E-state index in [2.05, 4.69) is 32.8 Å². The van der Waals surface area contributed by atoms with Crippen molar-refractivity contribution >= 4 is 17.0 Å². The number of nitrogens with zero attached hydrogens (tertiary/aromatic N) is 6. The third-order valence-electron chi connectivity index (χ3n) is 3.98. The topological polar surface area (TPSA) is 59.8 Å². The Kier molecular flexibility index (Phi) is 3.42.